The second-order valence-corrected chi connectivity index (χ2v) is 5.66. The van der Waals surface area contributed by atoms with Gasteiger partial charge in [0.05, 0.1) is 6.54 Å². The summed E-state index contributed by atoms with van der Waals surface area (Å²) in [6.45, 7) is 2.60. The van der Waals surface area contributed by atoms with Crippen LogP contribution in [-0.4, -0.2) is 34.8 Å². The molecule has 1 saturated heterocycles. The third-order valence-corrected chi connectivity index (χ3v) is 4.14. The van der Waals surface area contributed by atoms with Gasteiger partial charge in [-0.15, -0.1) is 0 Å². The summed E-state index contributed by atoms with van der Waals surface area (Å²) in [5, 5.41) is 0.721. The molecule has 0 radical (unpaired) electrons. The number of aryl methyl sites for hydroxylation is 1. The Morgan fingerprint density at radius 3 is 2.76 bits per heavy atom. The molecule has 1 amide bonds. The molecular weight excluding hydrogens is 281 g/mol. The second-order valence-electron chi connectivity index (χ2n) is 5.66. The molecule has 6 heteroatoms. The number of halogens is 3. The van der Waals surface area contributed by atoms with E-state index in [4.69, 9.17) is 0 Å². The molecule has 3 rings (SSSR count). The van der Waals surface area contributed by atoms with Gasteiger partial charge in [0.1, 0.15) is 11.5 Å². The van der Waals surface area contributed by atoms with Gasteiger partial charge in [0.2, 0.25) is 0 Å². The molecule has 2 aromatic rings. The van der Waals surface area contributed by atoms with Crippen molar-refractivity contribution in [1.29, 1.82) is 0 Å². The number of likely N-dealkylation sites (tertiary alicyclic amines) is 1. The van der Waals surface area contributed by atoms with E-state index in [1.807, 2.05) is 0 Å². The van der Waals surface area contributed by atoms with E-state index in [1.165, 1.54) is 19.1 Å². The molecule has 1 N–H and O–H groups in total. The molecule has 1 aliphatic heterocycles. The minimum absolute atomic E-state index is 0.0228. The van der Waals surface area contributed by atoms with E-state index in [1.54, 1.807) is 13.0 Å². The van der Waals surface area contributed by atoms with Crippen LogP contribution in [-0.2, 0) is 0 Å². The van der Waals surface area contributed by atoms with Crippen LogP contribution in [0.2, 0.25) is 0 Å². The molecule has 1 aromatic carbocycles. The Bertz CT molecular complexity index is 723. The third-order valence-electron chi connectivity index (χ3n) is 4.14. The highest BCUT2D eigenvalue weighted by molar-refractivity contribution is 6.01. The fraction of sp³-hybridized carbons (Fsp3) is 0.400. The van der Waals surface area contributed by atoms with Crippen molar-refractivity contribution in [1.82, 2.24) is 9.88 Å². The number of alkyl halides is 2. The lowest BCUT2D eigenvalue weighted by Gasteiger charge is -2.15. The number of carbonyl (C=O) groups excluding carboxylic acids is 1. The molecule has 0 bridgehead atoms. The molecular formula is C15H15F3N2O. The van der Waals surface area contributed by atoms with Crippen molar-refractivity contribution in [3.8, 4) is 0 Å². The van der Waals surface area contributed by atoms with Crippen LogP contribution in [0.4, 0.5) is 13.2 Å². The summed E-state index contributed by atoms with van der Waals surface area (Å²) in [7, 11) is 0. The Hall–Kier alpha value is -1.98. The Balaban J connectivity index is 1.97. The average molecular weight is 296 g/mol. The van der Waals surface area contributed by atoms with Crippen LogP contribution in [0.3, 0.4) is 0 Å². The first kappa shape index (κ1) is 14.0. The number of amides is 1. The van der Waals surface area contributed by atoms with Gasteiger partial charge in [0.15, 0.2) is 0 Å². The maximum Gasteiger partial charge on any atom is 0.270 e. The number of hydrogen-bond acceptors (Lipinski definition) is 1. The van der Waals surface area contributed by atoms with Crippen LogP contribution in [0, 0.1) is 18.7 Å². The highest BCUT2D eigenvalue weighted by Gasteiger charge is 2.47. The Morgan fingerprint density at radius 1 is 1.43 bits per heavy atom. The second kappa shape index (κ2) is 4.51. The van der Waals surface area contributed by atoms with Gasteiger partial charge in [-0.1, -0.05) is 6.92 Å². The van der Waals surface area contributed by atoms with Crippen LogP contribution in [0.1, 0.15) is 23.0 Å². The lowest BCUT2D eigenvalue weighted by molar-refractivity contribution is -0.0202. The molecule has 3 nitrogen and oxygen atoms in total. The van der Waals surface area contributed by atoms with E-state index in [0.29, 0.717) is 11.1 Å². The quantitative estimate of drug-likeness (QED) is 0.861. The van der Waals surface area contributed by atoms with E-state index in [9.17, 15) is 18.0 Å². The lowest BCUT2D eigenvalue weighted by atomic mass is 10.1. The van der Waals surface area contributed by atoms with Crippen LogP contribution < -0.4 is 0 Å². The first-order valence-corrected chi connectivity index (χ1v) is 6.74. The summed E-state index contributed by atoms with van der Waals surface area (Å²) in [4.78, 5) is 16.4. The number of H-pyrrole nitrogens is 1. The normalized spacial score (nSPS) is 21.2. The number of aromatic amines is 1. The number of aromatic nitrogens is 1. The molecule has 0 spiro atoms. The number of hydrogen-bond donors (Lipinski definition) is 1. The van der Waals surface area contributed by atoms with Gasteiger partial charge in [0, 0.05) is 23.4 Å². The van der Waals surface area contributed by atoms with Crippen LogP contribution in [0.5, 0.6) is 0 Å². The van der Waals surface area contributed by atoms with Gasteiger partial charge >= 0.3 is 0 Å². The molecule has 1 fully saturated rings. The number of fused-ring (bicyclic) bond motifs is 1. The summed E-state index contributed by atoms with van der Waals surface area (Å²) >= 11 is 0. The number of carbonyl (C=O) groups is 1. The first-order valence-electron chi connectivity index (χ1n) is 6.74. The highest BCUT2D eigenvalue weighted by atomic mass is 19.3. The summed E-state index contributed by atoms with van der Waals surface area (Å²) in [5.41, 5.74) is 1.40. The maximum atomic E-state index is 13.6. The van der Waals surface area contributed by atoms with Crippen LogP contribution >= 0.6 is 0 Å². The van der Waals surface area contributed by atoms with Crippen molar-refractivity contribution in [3.05, 3.63) is 35.3 Å². The van der Waals surface area contributed by atoms with Gasteiger partial charge in [-0.2, -0.15) is 0 Å². The number of benzene rings is 1. The van der Waals surface area contributed by atoms with Gasteiger partial charge in [-0.3, -0.25) is 4.79 Å². The van der Waals surface area contributed by atoms with E-state index >= 15 is 0 Å². The maximum absolute atomic E-state index is 13.6. The summed E-state index contributed by atoms with van der Waals surface area (Å²) < 4.78 is 40.4. The molecule has 21 heavy (non-hydrogen) atoms. The van der Waals surface area contributed by atoms with Crippen LogP contribution in [0.25, 0.3) is 10.9 Å². The van der Waals surface area contributed by atoms with Crippen molar-refractivity contribution < 1.29 is 18.0 Å². The third kappa shape index (κ3) is 2.18. The number of nitrogens with zero attached hydrogens (tertiary/aromatic N) is 1. The van der Waals surface area contributed by atoms with Crippen molar-refractivity contribution in [2.24, 2.45) is 5.92 Å². The number of nitrogens with one attached hydrogen (secondary N) is 1. The number of rotatable bonds is 1. The van der Waals surface area contributed by atoms with E-state index in [0.717, 1.165) is 10.3 Å². The smallest absolute Gasteiger partial charge is 0.270 e. The van der Waals surface area contributed by atoms with Crippen molar-refractivity contribution in [2.45, 2.75) is 19.8 Å². The Morgan fingerprint density at radius 2 is 2.14 bits per heavy atom. The van der Waals surface area contributed by atoms with E-state index < -0.39 is 30.1 Å². The topological polar surface area (TPSA) is 36.1 Å². The SMILES string of the molecule is Cc1c(C(=O)N2CC(C)C(F)(F)C2)[nH]c2cc(F)ccc12. The van der Waals surface area contributed by atoms with Crippen molar-refractivity contribution in [3.63, 3.8) is 0 Å². The summed E-state index contributed by atoms with van der Waals surface area (Å²) in [6, 6.07) is 4.18. The minimum atomic E-state index is -2.86. The first-order chi connectivity index (χ1) is 9.79. The highest BCUT2D eigenvalue weighted by Crippen LogP contribution is 2.34. The van der Waals surface area contributed by atoms with Crippen molar-refractivity contribution in [2.75, 3.05) is 13.1 Å². The van der Waals surface area contributed by atoms with Gasteiger partial charge in [0.25, 0.3) is 11.8 Å². The molecule has 1 atom stereocenters. The molecule has 112 valence electrons. The molecule has 1 unspecified atom stereocenters. The molecule has 2 heterocycles. The molecule has 1 aromatic heterocycles. The predicted molar refractivity (Wildman–Crippen MR) is 73.0 cm³/mol. The lowest BCUT2D eigenvalue weighted by Crippen LogP contribution is -2.32. The minimum Gasteiger partial charge on any atom is -0.350 e. The Labute approximate surface area is 119 Å². The Kier molecular flexibility index (Phi) is 3.00. The molecule has 0 aliphatic carbocycles. The monoisotopic (exact) mass is 296 g/mol. The molecule has 0 saturated carbocycles. The van der Waals surface area contributed by atoms with Gasteiger partial charge in [-0.05, 0) is 30.7 Å². The fourth-order valence-electron chi connectivity index (χ4n) is 2.78. The fourth-order valence-corrected chi connectivity index (χ4v) is 2.78. The van der Waals surface area contributed by atoms with E-state index in [2.05, 4.69) is 4.98 Å². The van der Waals surface area contributed by atoms with Gasteiger partial charge in [-0.25, -0.2) is 13.2 Å². The zero-order valence-corrected chi connectivity index (χ0v) is 11.7. The zero-order chi connectivity index (χ0) is 15.4. The average Bonchev–Trinajstić information content (AvgIpc) is 2.87. The zero-order valence-electron chi connectivity index (χ0n) is 11.7. The van der Waals surface area contributed by atoms with Crippen LogP contribution in [0.15, 0.2) is 18.2 Å². The summed E-state index contributed by atoms with van der Waals surface area (Å²) in [6.07, 6.45) is 0. The summed E-state index contributed by atoms with van der Waals surface area (Å²) in [5.74, 6) is -4.59. The predicted octanol–water partition coefficient (Wildman–Crippen LogP) is 3.34. The van der Waals surface area contributed by atoms with Crippen molar-refractivity contribution >= 4 is 16.8 Å². The van der Waals surface area contributed by atoms with Gasteiger partial charge < -0.3 is 9.88 Å². The largest absolute Gasteiger partial charge is 0.350 e. The van der Waals surface area contributed by atoms with E-state index in [-0.39, 0.29) is 12.2 Å². The molecule has 1 aliphatic rings. The standard InChI is InChI=1S/C15H15F3N2O/c1-8-6-20(7-15(8,17)18)14(21)13-9(2)11-4-3-10(16)5-12(11)19-13/h3-5,8,19H,6-7H2,1-2H3.